The van der Waals surface area contributed by atoms with Gasteiger partial charge in [-0.1, -0.05) is 32.0 Å². The van der Waals surface area contributed by atoms with E-state index in [0.29, 0.717) is 5.82 Å². The molecule has 0 amide bonds. The molecule has 0 saturated heterocycles. The maximum atomic E-state index is 5.86. The van der Waals surface area contributed by atoms with Gasteiger partial charge in [-0.15, -0.1) is 0 Å². The fraction of sp³-hybridized carbons (Fsp3) is 0.385. The molecule has 2 N–H and O–H groups in total. The highest BCUT2D eigenvalue weighted by Crippen LogP contribution is 2.33. The van der Waals surface area contributed by atoms with Gasteiger partial charge in [0.1, 0.15) is 5.76 Å². The highest BCUT2D eigenvalue weighted by atomic mass is 16.5. The Bertz CT molecular complexity index is 497. The van der Waals surface area contributed by atoms with Crippen LogP contribution in [0.25, 0.3) is 11.1 Å². The van der Waals surface area contributed by atoms with Gasteiger partial charge in [0.2, 0.25) is 0 Å². The smallest absolute Gasteiger partial charge is 0.175 e. The normalized spacial score (nSPS) is 11.7. The van der Waals surface area contributed by atoms with Crippen LogP contribution in [0.15, 0.2) is 29.0 Å². The van der Waals surface area contributed by atoms with Gasteiger partial charge in [0.25, 0.3) is 0 Å². The lowest BCUT2D eigenvalue weighted by Gasteiger charge is -2.16. The van der Waals surface area contributed by atoms with Crippen LogP contribution in [0, 0.1) is 5.41 Å². The first-order chi connectivity index (χ1) is 7.97. The summed E-state index contributed by atoms with van der Waals surface area (Å²) in [5, 5.41) is 3.85. The van der Waals surface area contributed by atoms with Crippen LogP contribution in [0.4, 0.5) is 5.82 Å². The number of rotatable bonds is 2. The molecule has 0 saturated carbocycles. The Kier molecular flexibility index (Phi) is 2.88. The first kappa shape index (κ1) is 11.6. The number of nitrogen functional groups attached to an aromatic ring is 1. The lowest BCUT2D eigenvalue weighted by molar-refractivity contribution is 0.322. The largest absolute Gasteiger partial charge is 0.380 e. The lowest BCUT2D eigenvalue weighted by atomic mass is 9.89. The lowest BCUT2D eigenvalue weighted by Crippen LogP contribution is -2.09. The Morgan fingerprint density at radius 3 is 2.71 bits per heavy atom. The van der Waals surface area contributed by atoms with Crippen LogP contribution in [0.1, 0.15) is 26.5 Å². The average Bonchev–Trinajstić information content (AvgIpc) is 2.58. The van der Waals surface area contributed by atoms with Crippen LogP contribution < -0.4 is 5.73 Å². The number of nitrogens with two attached hydrogens (primary N) is 1. The van der Waals surface area contributed by atoms with Crippen molar-refractivity contribution in [3.05, 3.63) is 30.3 Å². The first-order valence-corrected chi connectivity index (χ1v) is 5.62. The highest BCUT2D eigenvalue weighted by Gasteiger charge is 2.21. The van der Waals surface area contributed by atoms with E-state index in [9.17, 15) is 0 Å². The van der Waals surface area contributed by atoms with Gasteiger partial charge in [0.15, 0.2) is 5.82 Å². The molecule has 4 heteroatoms. The summed E-state index contributed by atoms with van der Waals surface area (Å²) in [6, 6.07) is 3.84. The van der Waals surface area contributed by atoms with Crippen LogP contribution in [0.5, 0.6) is 0 Å². The molecule has 2 aromatic heterocycles. The standard InChI is InChI=1S/C13H17N3O/c1-13(2,3)7-10-11(12(14)16-17-10)9-5-4-6-15-8-9/h4-6,8H,7H2,1-3H3,(H2,14,16). The molecule has 2 rings (SSSR count). The fourth-order valence-electron chi connectivity index (χ4n) is 1.76. The van der Waals surface area contributed by atoms with Gasteiger partial charge in [0, 0.05) is 24.4 Å². The van der Waals surface area contributed by atoms with Crippen molar-refractivity contribution in [2.75, 3.05) is 5.73 Å². The van der Waals surface area contributed by atoms with E-state index in [1.165, 1.54) is 0 Å². The maximum Gasteiger partial charge on any atom is 0.175 e. The minimum Gasteiger partial charge on any atom is -0.380 e. The number of hydrogen-bond acceptors (Lipinski definition) is 4. The van der Waals surface area contributed by atoms with Crippen LogP contribution in [-0.2, 0) is 6.42 Å². The monoisotopic (exact) mass is 231 g/mol. The van der Waals surface area contributed by atoms with Gasteiger partial charge in [0.05, 0.1) is 5.56 Å². The van der Waals surface area contributed by atoms with Gasteiger partial charge in [-0.3, -0.25) is 4.98 Å². The van der Waals surface area contributed by atoms with Crippen molar-refractivity contribution in [3.8, 4) is 11.1 Å². The number of hydrogen-bond donors (Lipinski definition) is 1. The van der Waals surface area contributed by atoms with Gasteiger partial charge >= 0.3 is 0 Å². The molecule has 90 valence electrons. The Morgan fingerprint density at radius 2 is 2.12 bits per heavy atom. The van der Waals surface area contributed by atoms with Crippen molar-refractivity contribution in [3.63, 3.8) is 0 Å². The van der Waals surface area contributed by atoms with E-state index in [1.807, 2.05) is 12.1 Å². The topological polar surface area (TPSA) is 64.9 Å². The van der Waals surface area contributed by atoms with E-state index >= 15 is 0 Å². The summed E-state index contributed by atoms with van der Waals surface area (Å²) in [5.74, 6) is 1.25. The van der Waals surface area contributed by atoms with E-state index in [-0.39, 0.29) is 5.41 Å². The summed E-state index contributed by atoms with van der Waals surface area (Å²) in [4.78, 5) is 4.09. The summed E-state index contributed by atoms with van der Waals surface area (Å²) in [6.07, 6.45) is 4.30. The predicted molar refractivity (Wildman–Crippen MR) is 67.3 cm³/mol. The van der Waals surface area contributed by atoms with Crippen molar-refractivity contribution in [1.82, 2.24) is 10.1 Å². The molecular formula is C13H17N3O. The van der Waals surface area contributed by atoms with Crippen LogP contribution >= 0.6 is 0 Å². The zero-order valence-corrected chi connectivity index (χ0v) is 10.4. The third-order valence-electron chi connectivity index (χ3n) is 2.43. The molecule has 0 aromatic carbocycles. The summed E-state index contributed by atoms with van der Waals surface area (Å²) < 4.78 is 5.32. The predicted octanol–water partition coefficient (Wildman–Crippen LogP) is 2.91. The third-order valence-corrected chi connectivity index (χ3v) is 2.43. The number of pyridine rings is 1. The zero-order valence-electron chi connectivity index (χ0n) is 10.4. The second kappa shape index (κ2) is 4.20. The Labute approximate surface area is 101 Å². The van der Waals surface area contributed by atoms with E-state index in [1.54, 1.807) is 12.4 Å². The molecule has 0 aliphatic rings. The molecule has 0 bridgehead atoms. The molecule has 0 radical (unpaired) electrons. The first-order valence-electron chi connectivity index (χ1n) is 5.62. The summed E-state index contributed by atoms with van der Waals surface area (Å²) in [7, 11) is 0. The van der Waals surface area contributed by atoms with Crippen molar-refractivity contribution >= 4 is 5.82 Å². The molecule has 0 atom stereocenters. The minimum absolute atomic E-state index is 0.128. The third kappa shape index (κ3) is 2.64. The summed E-state index contributed by atoms with van der Waals surface area (Å²) >= 11 is 0. The molecule has 0 spiro atoms. The van der Waals surface area contributed by atoms with Gasteiger partial charge < -0.3 is 10.3 Å². The van der Waals surface area contributed by atoms with Crippen molar-refractivity contribution in [2.45, 2.75) is 27.2 Å². The molecule has 17 heavy (non-hydrogen) atoms. The maximum absolute atomic E-state index is 5.86. The van der Waals surface area contributed by atoms with E-state index in [2.05, 4.69) is 30.9 Å². The quantitative estimate of drug-likeness (QED) is 0.863. The van der Waals surface area contributed by atoms with Gasteiger partial charge in [-0.2, -0.15) is 0 Å². The summed E-state index contributed by atoms with van der Waals surface area (Å²) in [6.45, 7) is 6.45. The number of anilines is 1. The number of nitrogens with zero attached hydrogens (tertiary/aromatic N) is 2. The number of aromatic nitrogens is 2. The Morgan fingerprint density at radius 1 is 1.35 bits per heavy atom. The van der Waals surface area contributed by atoms with Gasteiger partial charge in [-0.25, -0.2) is 0 Å². The second-order valence-corrected chi connectivity index (χ2v) is 5.35. The van der Waals surface area contributed by atoms with Crippen LogP contribution in [0.2, 0.25) is 0 Å². The van der Waals surface area contributed by atoms with Crippen molar-refractivity contribution in [2.24, 2.45) is 5.41 Å². The zero-order chi connectivity index (χ0) is 12.5. The highest BCUT2D eigenvalue weighted by molar-refractivity contribution is 5.74. The van der Waals surface area contributed by atoms with E-state index < -0.39 is 0 Å². The Balaban J connectivity index is 2.44. The van der Waals surface area contributed by atoms with E-state index in [4.69, 9.17) is 10.3 Å². The van der Waals surface area contributed by atoms with Crippen LogP contribution in [0.3, 0.4) is 0 Å². The van der Waals surface area contributed by atoms with Crippen molar-refractivity contribution in [1.29, 1.82) is 0 Å². The SMILES string of the molecule is CC(C)(C)Cc1onc(N)c1-c1cccnc1. The molecular weight excluding hydrogens is 214 g/mol. The van der Waals surface area contributed by atoms with Gasteiger partial charge in [-0.05, 0) is 11.5 Å². The molecule has 0 aliphatic carbocycles. The molecule has 2 heterocycles. The molecule has 2 aromatic rings. The molecule has 0 unspecified atom stereocenters. The Hall–Kier alpha value is -1.84. The molecule has 0 aliphatic heterocycles. The molecule has 0 fully saturated rings. The molecule has 4 nitrogen and oxygen atoms in total. The van der Waals surface area contributed by atoms with Crippen molar-refractivity contribution < 1.29 is 4.52 Å². The summed E-state index contributed by atoms with van der Waals surface area (Å²) in [5.41, 5.74) is 7.81. The van der Waals surface area contributed by atoms with Crippen LogP contribution in [-0.4, -0.2) is 10.1 Å². The average molecular weight is 231 g/mol. The van der Waals surface area contributed by atoms with E-state index in [0.717, 1.165) is 23.3 Å². The minimum atomic E-state index is 0.128. The second-order valence-electron chi connectivity index (χ2n) is 5.35. The fourth-order valence-corrected chi connectivity index (χ4v) is 1.76.